The molecule has 0 fully saturated rings. The fourth-order valence-corrected chi connectivity index (χ4v) is 1.88. The minimum Gasteiger partial charge on any atom is -0.398 e. The minimum absolute atomic E-state index is 0.238. The predicted molar refractivity (Wildman–Crippen MR) is 68.7 cm³/mol. The Morgan fingerprint density at radius 2 is 2.26 bits per heavy atom. The van der Waals surface area contributed by atoms with Gasteiger partial charge in [-0.2, -0.15) is 0 Å². The van der Waals surface area contributed by atoms with Gasteiger partial charge in [-0.05, 0) is 34.5 Å². The summed E-state index contributed by atoms with van der Waals surface area (Å²) in [5.41, 5.74) is 6.78. The fraction of sp³-hybridized carbons (Fsp3) is 0.417. The van der Waals surface area contributed by atoms with Crippen molar-refractivity contribution in [2.24, 2.45) is 5.92 Å². The summed E-state index contributed by atoms with van der Waals surface area (Å²) in [7, 11) is 1.64. The van der Waals surface area contributed by atoms with E-state index in [-0.39, 0.29) is 11.7 Å². The first kappa shape index (κ1) is 13.4. The van der Waals surface area contributed by atoms with Crippen LogP contribution in [0.25, 0.3) is 11.4 Å². The molecule has 19 heavy (non-hydrogen) atoms. The summed E-state index contributed by atoms with van der Waals surface area (Å²) in [4.78, 5) is 0. The number of nitrogen functional groups attached to an aromatic ring is 1. The predicted octanol–water partition coefficient (Wildman–Crippen LogP) is 1.34. The first-order valence-corrected chi connectivity index (χ1v) is 5.92. The zero-order valence-electron chi connectivity index (χ0n) is 10.9. The van der Waals surface area contributed by atoms with E-state index in [0.717, 1.165) is 0 Å². The highest BCUT2D eigenvalue weighted by molar-refractivity contribution is 5.71. The van der Waals surface area contributed by atoms with Crippen LogP contribution in [0.15, 0.2) is 18.2 Å². The third-order valence-electron chi connectivity index (χ3n) is 2.72. The number of methoxy groups -OCH3 is 1. The molecule has 0 aliphatic rings. The Labute approximate surface area is 110 Å². The Bertz CT molecular complexity index is 557. The van der Waals surface area contributed by atoms with Gasteiger partial charge < -0.3 is 10.5 Å². The van der Waals surface area contributed by atoms with Crippen molar-refractivity contribution < 1.29 is 9.13 Å². The number of nitrogens with two attached hydrogens (primary N) is 1. The van der Waals surface area contributed by atoms with Crippen LogP contribution in [0.2, 0.25) is 0 Å². The van der Waals surface area contributed by atoms with Crippen molar-refractivity contribution >= 4 is 5.69 Å². The molecule has 1 unspecified atom stereocenters. The number of anilines is 1. The number of aromatic nitrogens is 4. The average Bonchev–Trinajstić information content (AvgIpc) is 2.80. The average molecular weight is 265 g/mol. The summed E-state index contributed by atoms with van der Waals surface area (Å²) >= 11 is 0. The molecule has 6 nitrogen and oxygen atoms in total. The molecule has 0 amide bonds. The van der Waals surface area contributed by atoms with E-state index in [1.165, 1.54) is 18.2 Å². The van der Waals surface area contributed by atoms with Crippen LogP contribution in [-0.2, 0) is 11.3 Å². The molecule has 0 spiro atoms. The van der Waals surface area contributed by atoms with Crippen LogP contribution in [-0.4, -0.2) is 33.9 Å². The lowest BCUT2D eigenvalue weighted by atomic mass is 10.1. The normalized spacial score (nSPS) is 12.6. The molecule has 1 aromatic heterocycles. The van der Waals surface area contributed by atoms with E-state index in [2.05, 4.69) is 15.5 Å². The van der Waals surface area contributed by atoms with Gasteiger partial charge in [0.25, 0.3) is 0 Å². The smallest absolute Gasteiger partial charge is 0.184 e. The van der Waals surface area contributed by atoms with Crippen LogP contribution in [0.3, 0.4) is 0 Å². The second-order valence-corrected chi connectivity index (χ2v) is 4.48. The largest absolute Gasteiger partial charge is 0.398 e. The highest BCUT2D eigenvalue weighted by atomic mass is 19.1. The van der Waals surface area contributed by atoms with Gasteiger partial charge in [-0.25, -0.2) is 9.07 Å². The van der Waals surface area contributed by atoms with Gasteiger partial charge in [-0.3, -0.25) is 0 Å². The standard InChI is InChI=1S/C12H16FN5O/c1-8(7-19-2)6-18-12(15-16-17-18)10-5-9(13)3-4-11(10)14/h3-5,8H,6-7,14H2,1-2H3. The van der Waals surface area contributed by atoms with E-state index in [4.69, 9.17) is 10.5 Å². The molecule has 7 heteroatoms. The van der Waals surface area contributed by atoms with Crippen molar-refractivity contribution in [2.75, 3.05) is 19.5 Å². The Morgan fingerprint density at radius 1 is 1.47 bits per heavy atom. The van der Waals surface area contributed by atoms with Crippen LogP contribution in [0.5, 0.6) is 0 Å². The van der Waals surface area contributed by atoms with E-state index < -0.39 is 0 Å². The summed E-state index contributed by atoms with van der Waals surface area (Å²) in [6.45, 7) is 3.19. The van der Waals surface area contributed by atoms with Crippen LogP contribution >= 0.6 is 0 Å². The van der Waals surface area contributed by atoms with Crippen molar-refractivity contribution in [3.05, 3.63) is 24.0 Å². The highest BCUT2D eigenvalue weighted by Crippen LogP contribution is 2.24. The Hall–Kier alpha value is -2.02. The Kier molecular flexibility index (Phi) is 4.06. The fourth-order valence-electron chi connectivity index (χ4n) is 1.88. The SMILES string of the molecule is COCC(C)Cn1nnnc1-c1cc(F)ccc1N. The van der Waals surface area contributed by atoms with Gasteiger partial charge in [0.1, 0.15) is 5.82 Å². The number of tetrazole rings is 1. The molecule has 0 aliphatic carbocycles. The van der Waals surface area contributed by atoms with E-state index in [1.807, 2.05) is 6.92 Å². The Balaban J connectivity index is 2.31. The molecule has 102 valence electrons. The molecule has 1 atom stereocenters. The maximum absolute atomic E-state index is 13.3. The number of hydrogen-bond acceptors (Lipinski definition) is 5. The third-order valence-corrected chi connectivity index (χ3v) is 2.72. The first-order valence-electron chi connectivity index (χ1n) is 5.92. The maximum Gasteiger partial charge on any atom is 0.184 e. The monoisotopic (exact) mass is 265 g/mol. The zero-order valence-corrected chi connectivity index (χ0v) is 10.9. The maximum atomic E-state index is 13.3. The summed E-state index contributed by atoms with van der Waals surface area (Å²) in [5.74, 6) is 0.325. The van der Waals surface area contributed by atoms with E-state index in [0.29, 0.717) is 30.2 Å². The summed E-state index contributed by atoms with van der Waals surface area (Å²) < 4.78 is 20.0. The lowest BCUT2D eigenvalue weighted by molar-refractivity contribution is 0.149. The number of halogens is 1. The van der Waals surface area contributed by atoms with Crippen LogP contribution in [0.1, 0.15) is 6.92 Å². The van der Waals surface area contributed by atoms with Crippen LogP contribution in [0.4, 0.5) is 10.1 Å². The molecule has 0 aliphatic heterocycles. The van der Waals surface area contributed by atoms with Crippen molar-refractivity contribution in [3.63, 3.8) is 0 Å². The van der Waals surface area contributed by atoms with Gasteiger partial charge in [-0.15, -0.1) is 5.10 Å². The lowest BCUT2D eigenvalue weighted by Gasteiger charge is -2.11. The van der Waals surface area contributed by atoms with Crippen LogP contribution < -0.4 is 5.73 Å². The van der Waals surface area contributed by atoms with Gasteiger partial charge in [-0.1, -0.05) is 6.92 Å². The molecule has 0 radical (unpaired) electrons. The van der Waals surface area contributed by atoms with Gasteiger partial charge in [0.15, 0.2) is 5.82 Å². The Morgan fingerprint density at radius 3 is 3.00 bits per heavy atom. The number of hydrogen-bond donors (Lipinski definition) is 1. The number of rotatable bonds is 5. The molecule has 0 saturated carbocycles. The number of nitrogens with zero attached hydrogens (tertiary/aromatic N) is 4. The number of ether oxygens (including phenoxy) is 1. The van der Waals surface area contributed by atoms with E-state index in [9.17, 15) is 4.39 Å². The topological polar surface area (TPSA) is 78.8 Å². The molecule has 0 bridgehead atoms. The molecular weight excluding hydrogens is 249 g/mol. The van der Waals surface area contributed by atoms with Crippen LogP contribution in [0, 0.1) is 11.7 Å². The van der Waals surface area contributed by atoms with Gasteiger partial charge in [0.2, 0.25) is 0 Å². The molecule has 2 aromatic rings. The summed E-state index contributed by atoms with van der Waals surface area (Å²) in [5, 5.41) is 11.5. The summed E-state index contributed by atoms with van der Waals surface area (Å²) in [6.07, 6.45) is 0. The molecular formula is C12H16FN5O. The van der Waals surface area contributed by atoms with Crippen molar-refractivity contribution in [2.45, 2.75) is 13.5 Å². The lowest BCUT2D eigenvalue weighted by Crippen LogP contribution is -2.15. The highest BCUT2D eigenvalue weighted by Gasteiger charge is 2.15. The number of benzene rings is 1. The van der Waals surface area contributed by atoms with E-state index >= 15 is 0 Å². The minimum atomic E-state index is -0.372. The molecule has 1 aromatic carbocycles. The molecule has 2 rings (SSSR count). The van der Waals surface area contributed by atoms with Crippen molar-refractivity contribution in [1.29, 1.82) is 0 Å². The molecule has 1 heterocycles. The third kappa shape index (κ3) is 3.05. The second kappa shape index (κ2) is 5.75. The van der Waals surface area contributed by atoms with E-state index in [1.54, 1.807) is 11.8 Å². The second-order valence-electron chi connectivity index (χ2n) is 4.48. The summed E-state index contributed by atoms with van der Waals surface area (Å²) in [6, 6.07) is 4.14. The quantitative estimate of drug-likeness (QED) is 0.825. The van der Waals surface area contributed by atoms with Gasteiger partial charge >= 0.3 is 0 Å². The molecule has 2 N–H and O–H groups in total. The first-order chi connectivity index (χ1) is 9.11. The van der Waals surface area contributed by atoms with Crippen molar-refractivity contribution in [3.8, 4) is 11.4 Å². The molecule has 0 saturated heterocycles. The zero-order chi connectivity index (χ0) is 13.8. The van der Waals surface area contributed by atoms with Gasteiger partial charge in [0.05, 0.1) is 6.61 Å². The van der Waals surface area contributed by atoms with Gasteiger partial charge in [0, 0.05) is 24.9 Å². The van der Waals surface area contributed by atoms with Crippen molar-refractivity contribution in [1.82, 2.24) is 20.2 Å².